The molecule has 0 saturated heterocycles. The highest BCUT2D eigenvalue weighted by molar-refractivity contribution is 7.88. The molecule has 0 unspecified atom stereocenters. The molecule has 3 nitrogen and oxygen atoms in total. The number of hydrogen-bond donors (Lipinski definition) is 0. The van der Waals surface area contributed by atoms with Gasteiger partial charge in [0, 0.05) is 0 Å². The molecule has 130 valence electrons. The second kappa shape index (κ2) is 6.12. The Balaban J connectivity index is 2.55. The maximum atomic E-state index is 12.6. The van der Waals surface area contributed by atoms with Gasteiger partial charge in [-0.2, -0.15) is 21.6 Å². The zero-order chi connectivity index (χ0) is 17.5. The van der Waals surface area contributed by atoms with Crippen molar-refractivity contribution in [1.82, 2.24) is 0 Å². The summed E-state index contributed by atoms with van der Waals surface area (Å²) in [5.74, 6) is -0.151. The summed E-state index contributed by atoms with van der Waals surface area (Å²) in [7, 11) is -7.72. The van der Waals surface area contributed by atoms with E-state index >= 15 is 0 Å². The molecular weight excluding hydrogens is 345 g/mol. The topological polar surface area (TPSA) is 43.4 Å². The van der Waals surface area contributed by atoms with Crippen molar-refractivity contribution in [2.75, 3.05) is 0 Å². The van der Waals surface area contributed by atoms with Crippen LogP contribution in [0.1, 0.15) is 30.4 Å². The minimum absolute atomic E-state index is 0.151. The molecule has 0 saturated carbocycles. The molecule has 0 heterocycles. The van der Waals surface area contributed by atoms with Crippen molar-refractivity contribution >= 4 is 23.4 Å². The van der Waals surface area contributed by atoms with Gasteiger partial charge in [0.15, 0.2) is 0 Å². The van der Waals surface area contributed by atoms with E-state index in [0.717, 1.165) is 43.2 Å². The number of fused-ring (bicyclic) bond motifs is 1. The van der Waals surface area contributed by atoms with E-state index in [2.05, 4.69) is 4.18 Å². The first-order valence-electron chi connectivity index (χ1n) is 7.59. The van der Waals surface area contributed by atoms with Crippen LogP contribution in [0.25, 0.3) is 0 Å². The summed E-state index contributed by atoms with van der Waals surface area (Å²) >= 11 is 0. The minimum atomic E-state index is -5.65. The third kappa shape index (κ3) is 4.09. The van der Waals surface area contributed by atoms with Crippen molar-refractivity contribution in [3.63, 3.8) is 0 Å². The van der Waals surface area contributed by atoms with E-state index < -0.39 is 23.7 Å². The normalized spacial score (nSPS) is 16.6. The Morgan fingerprint density at radius 3 is 2.00 bits per heavy atom. The SMILES string of the molecule is C[Si](C)(C)c1cc2c(cc1OS(=O)(=O)C(F)(F)F)CCCCC2. The molecule has 0 N–H and O–H groups in total. The van der Waals surface area contributed by atoms with Gasteiger partial charge in [-0.25, -0.2) is 0 Å². The van der Waals surface area contributed by atoms with Gasteiger partial charge in [0.05, 0.1) is 8.07 Å². The largest absolute Gasteiger partial charge is 0.534 e. The standard InChI is InChI=1S/C15H21F3O3SSi/c1-23(2,3)14-10-12-8-6-4-5-7-11(12)9-13(14)21-22(19,20)15(16,17)18/h9-10H,4-8H2,1-3H3. The lowest BCUT2D eigenvalue weighted by molar-refractivity contribution is -0.0499. The molecule has 1 aliphatic rings. The van der Waals surface area contributed by atoms with Crippen LogP contribution in [0, 0.1) is 0 Å². The summed E-state index contributed by atoms with van der Waals surface area (Å²) in [5.41, 5.74) is -3.41. The molecule has 0 fully saturated rings. The van der Waals surface area contributed by atoms with Gasteiger partial charge in [0.25, 0.3) is 0 Å². The van der Waals surface area contributed by atoms with Gasteiger partial charge < -0.3 is 4.18 Å². The van der Waals surface area contributed by atoms with Crippen LogP contribution in [0.5, 0.6) is 5.75 Å². The number of alkyl halides is 3. The van der Waals surface area contributed by atoms with Gasteiger partial charge >= 0.3 is 15.6 Å². The predicted octanol–water partition coefficient (Wildman–Crippen LogP) is 3.73. The van der Waals surface area contributed by atoms with E-state index in [9.17, 15) is 21.6 Å². The Morgan fingerprint density at radius 1 is 1.00 bits per heavy atom. The van der Waals surface area contributed by atoms with E-state index in [0.29, 0.717) is 5.19 Å². The number of benzene rings is 1. The van der Waals surface area contributed by atoms with E-state index in [1.165, 1.54) is 6.07 Å². The molecule has 0 atom stereocenters. The summed E-state index contributed by atoms with van der Waals surface area (Å²) in [4.78, 5) is 0. The Hall–Kier alpha value is -1.02. The highest BCUT2D eigenvalue weighted by Gasteiger charge is 2.49. The maximum absolute atomic E-state index is 12.6. The van der Waals surface area contributed by atoms with Crippen LogP contribution in [-0.4, -0.2) is 22.0 Å². The average Bonchev–Trinajstić information content (AvgIpc) is 2.59. The van der Waals surface area contributed by atoms with E-state index in [1.54, 1.807) is 0 Å². The third-order valence-electron chi connectivity index (χ3n) is 3.99. The zero-order valence-electron chi connectivity index (χ0n) is 13.5. The summed E-state index contributed by atoms with van der Waals surface area (Å²) in [6, 6.07) is 3.38. The second-order valence-corrected chi connectivity index (χ2v) is 13.5. The van der Waals surface area contributed by atoms with Crippen LogP contribution in [0.4, 0.5) is 13.2 Å². The first-order valence-corrected chi connectivity index (χ1v) is 12.5. The van der Waals surface area contributed by atoms with Gasteiger partial charge in [-0.1, -0.05) is 32.1 Å². The van der Waals surface area contributed by atoms with Crippen LogP contribution < -0.4 is 9.37 Å². The molecule has 0 spiro atoms. The third-order valence-corrected chi connectivity index (χ3v) is 6.96. The number of aryl methyl sites for hydroxylation is 2. The van der Waals surface area contributed by atoms with Crippen molar-refractivity contribution in [3.05, 3.63) is 23.3 Å². The van der Waals surface area contributed by atoms with Crippen molar-refractivity contribution in [1.29, 1.82) is 0 Å². The monoisotopic (exact) mass is 366 g/mol. The van der Waals surface area contributed by atoms with Gasteiger partial charge in [-0.05, 0) is 48.1 Å². The average molecular weight is 366 g/mol. The van der Waals surface area contributed by atoms with Crippen LogP contribution in [0.3, 0.4) is 0 Å². The molecule has 0 radical (unpaired) electrons. The van der Waals surface area contributed by atoms with Crippen LogP contribution in [0.2, 0.25) is 19.6 Å². The minimum Gasteiger partial charge on any atom is -0.376 e. The second-order valence-electron chi connectivity index (χ2n) is 6.91. The van der Waals surface area contributed by atoms with Gasteiger partial charge in [0.2, 0.25) is 0 Å². The molecular formula is C15H21F3O3SSi. The van der Waals surface area contributed by atoms with Gasteiger partial charge in [-0.15, -0.1) is 0 Å². The van der Waals surface area contributed by atoms with Crippen LogP contribution in [0.15, 0.2) is 12.1 Å². The molecule has 1 aromatic rings. The molecule has 2 rings (SSSR count). The number of halogens is 3. The molecule has 0 aromatic heterocycles. The predicted molar refractivity (Wildman–Crippen MR) is 86.3 cm³/mol. The fraction of sp³-hybridized carbons (Fsp3) is 0.600. The lowest BCUT2D eigenvalue weighted by atomic mass is 10.0. The fourth-order valence-corrected chi connectivity index (χ4v) is 4.77. The van der Waals surface area contributed by atoms with E-state index in [4.69, 9.17) is 0 Å². The van der Waals surface area contributed by atoms with Crippen molar-refractivity contribution in [3.8, 4) is 5.75 Å². The Kier molecular flexibility index (Phi) is 4.88. The molecule has 1 aromatic carbocycles. The molecule has 0 amide bonds. The fourth-order valence-electron chi connectivity index (χ4n) is 2.76. The number of hydrogen-bond acceptors (Lipinski definition) is 3. The summed E-state index contributed by atoms with van der Waals surface area (Å²) in [5, 5.41) is 0.617. The Labute approximate surface area is 136 Å². The van der Waals surface area contributed by atoms with Crippen molar-refractivity contribution in [2.45, 2.75) is 57.3 Å². The molecule has 1 aliphatic carbocycles. The zero-order valence-corrected chi connectivity index (χ0v) is 15.3. The Bertz CT molecular complexity index is 691. The van der Waals surface area contributed by atoms with Crippen molar-refractivity contribution in [2.24, 2.45) is 0 Å². The highest BCUT2D eigenvalue weighted by Crippen LogP contribution is 2.30. The first kappa shape index (κ1) is 18.3. The van der Waals surface area contributed by atoms with Crippen LogP contribution in [-0.2, 0) is 23.0 Å². The number of rotatable bonds is 3. The lowest BCUT2D eigenvalue weighted by Crippen LogP contribution is -2.41. The molecule has 0 bridgehead atoms. The summed E-state index contributed by atoms with van der Waals surface area (Å²) in [6.07, 6.45) is 4.67. The summed E-state index contributed by atoms with van der Waals surface area (Å²) < 4.78 is 65.3. The van der Waals surface area contributed by atoms with Crippen molar-refractivity contribution < 1.29 is 25.8 Å². The van der Waals surface area contributed by atoms with Gasteiger partial charge in [0.1, 0.15) is 5.75 Å². The maximum Gasteiger partial charge on any atom is 0.534 e. The first-order chi connectivity index (χ1) is 10.4. The smallest absolute Gasteiger partial charge is 0.376 e. The van der Waals surface area contributed by atoms with Gasteiger partial charge in [-0.3, -0.25) is 0 Å². The molecule has 0 aliphatic heterocycles. The lowest BCUT2D eigenvalue weighted by Gasteiger charge is -2.23. The van der Waals surface area contributed by atoms with E-state index in [1.807, 2.05) is 25.7 Å². The summed E-state index contributed by atoms with van der Waals surface area (Å²) in [6.45, 7) is 5.87. The molecule has 23 heavy (non-hydrogen) atoms. The van der Waals surface area contributed by atoms with E-state index in [-0.39, 0.29) is 5.75 Å². The quantitative estimate of drug-likeness (QED) is 0.354. The highest BCUT2D eigenvalue weighted by atomic mass is 32.2. The molecule has 8 heteroatoms. The van der Waals surface area contributed by atoms with Crippen LogP contribution >= 0.6 is 0 Å². The Morgan fingerprint density at radius 2 is 1.52 bits per heavy atom.